The number of carbonyl (C=O) groups excluding carboxylic acids is 3. The number of aromatic amines is 1. The molecule has 0 saturated carbocycles. The highest BCUT2D eigenvalue weighted by Gasteiger charge is 2.31. The van der Waals surface area contributed by atoms with Crippen LogP contribution in [0.3, 0.4) is 0 Å². The van der Waals surface area contributed by atoms with Crippen LogP contribution in [0.25, 0.3) is 10.9 Å². The third-order valence-electron chi connectivity index (χ3n) is 6.60. The molecule has 12 heteroatoms. The molecule has 1 aromatic heterocycles. The van der Waals surface area contributed by atoms with Gasteiger partial charge in [0.05, 0.1) is 6.04 Å². The van der Waals surface area contributed by atoms with E-state index in [4.69, 9.17) is 5.73 Å². The number of H-pyrrole nitrogens is 1. The van der Waals surface area contributed by atoms with Crippen molar-refractivity contribution < 1.29 is 29.4 Å². The number of phenols is 1. The predicted octanol–water partition coefficient (Wildman–Crippen LogP) is 1.50. The zero-order valence-electron chi connectivity index (χ0n) is 23.0. The van der Waals surface area contributed by atoms with Gasteiger partial charge in [-0.25, -0.2) is 4.79 Å². The normalized spacial score (nSPS) is 14.2. The summed E-state index contributed by atoms with van der Waals surface area (Å²) in [5.41, 5.74) is 8.46. The van der Waals surface area contributed by atoms with Gasteiger partial charge in [-0.05, 0) is 48.1 Å². The SMILES string of the molecule is CC(C)CC(NC(=O)C(N)Cc1ccc(O)cc1)C(=O)NC(Cc1c[nH]c2ccccc12)C(=O)NC(CS)C(=O)O. The van der Waals surface area contributed by atoms with Crippen LogP contribution in [0.15, 0.2) is 54.7 Å². The van der Waals surface area contributed by atoms with Crippen LogP contribution in [0.2, 0.25) is 0 Å². The fourth-order valence-electron chi connectivity index (χ4n) is 4.42. The molecule has 4 atom stereocenters. The lowest BCUT2D eigenvalue weighted by Crippen LogP contribution is -2.58. The van der Waals surface area contributed by atoms with E-state index in [0.29, 0.717) is 0 Å². The van der Waals surface area contributed by atoms with Crippen molar-refractivity contribution in [3.63, 3.8) is 0 Å². The van der Waals surface area contributed by atoms with Gasteiger partial charge in [0.1, 0.15) is 23.9 Å². The first-order valence-corrected chi connectivity index (χ1v) is 13.9. The summed E-state index contributed by atoms with van der Waals surface area (Å²) in [5.74, 6) is -3.11. The molecule has 1 heterocycles. The summed E-state index contributed by atoms with van der Waals surface area (Å²) < 4.78 is 0. The van der Waals surface area contributed by atoms with Crippen molar-refractivity contribution in [2.45, 2.75) is 57.3 Å². The lowest BCUT2D eigenvalue weighted by Gasteiger charge is -2.26. The summed E-state index contributed by atoms with van der Waals surface area (Å²) in [4.78, 5) is 54.4. The van der Waals surface area contributed by atoms with Crippen molar-refractivity contribution in [3.05, 3.63) is 65.9 Å². The molecule has 0 aliphatic rings. The van der Waals surface area contributed by atoms with Gasteiger partial charge in [-0.1, -0.05) is 44.2 Å². The van der Waals surface area contributed by atoms with Crippen LogP contribution in [-0.4, -0.2) is 68.8 Å². The van der Waals surface area contributed by atoms with Crippen LogP contribution in [-0.2, 0) is 32.0 Å². The number of aliphatic carboxylic acids is 1. The number of carboxylic acids is 1. The number of fused-ring (bicyclic) bond motifs is 1. The Balaban J connectivity index is 1.79. The number of carbonyl (C=O) groups is 4. The van der Waals surface area contributed by atoms with E-state index < -0.39 is 47.9 Å². The highest BCUT2D eigenvalue weighted by molar-refractivity contribution is 7.80. The van der Waals surface area contributed by atoms with E-state index >= 15 is 0 Å². The van der Waals surface area contributed by atoms with Crippen molar-refractivity contribution in [1.82, 2.24) is 20.9 Å². The maximum atomic E-state index is 13.5. The highest BCUT2D eigenvalue weighted by Crippen LogP contribution is 2.20. The van der Waals surface area contributed by atoms with Crippen molar-refractivity contribution in [3.8, 4) is 5.75 Å². The van der Waals surface area contributed by atoms with Crippen LogP contribution in [0.1, 0.15) is 31.4 Å². The largest absolute Gasteiger partial charge is 0.508 e. The lowest BCUT2D eigenvalue weighted by molar-refractivity contribution is -0.141. The molecule has 0 aliphatic heterocycles. The predicted molar refractivity (Wildman–Crippen MR) is 159 cm³/mol. The monoisotopic (exact) mass is 583 g/mol. The summed E-state index contributed by atoms with van der Waals surface area (Å²) in [6.07, 6.45) is 2.27. The summed E-state index contributed by atoms with van der Waals surface area (Å²) in [5, 5.41) is 27.6. The maximum Gasteiger partial charge on any atom is 0.327 e. The molecule has 220 valence electrons. The smallest absolute Gasteiger partial charge is 0.327 e. The van der Waals surface area contributed by atoms with Gasteiger partial charge in [0.2, 0.25) is 17.7 Å². The fraction of sp³-hybridized carbons (Fsp3) is 0.379. The van der Waals surface area contributed by atoms with Crippen LogP contribution < -0.4 is 21.7 Å². The third kappa shape index (κ3) is 8.98. The molecule has 3 amide bonds. The minimum atomic E-state index is -1.25. The number of nitrogens with two attached hydrogens (primary N) is 1. The van der Waals surface area contributed by atoms with Crippen molar-refractivity contribution in [2.24, 2.45) is 11.7 Å². The Bertz CT molecular complexity index is 1360. The zero-order chi connectivity index (χ0) is 30.1. The Morgan fingerprint density at radius 1 is 0.878 bits per heavy atom. The van der Waals surface area contributed by atoms with Crippen molar-refractivity contribution in [2.75, 3.05) is 5.75 Å². The van der Waals surface area contributed by atoms with E-state index in [1.807, 2.05) is 38.1 Å². The van der Waals surface area contributed by atoms with Gasteiger partial charge in [0, 0.05) is 29.3 Å². The molecular weight excluding hydrogens is 546 g/mol. The van der Waals surface area contributed by atoms with Crippen molar-refractivity contribution in [1.29, 1.82) is 0 Å². The molecule has 41 heavy (non-hydrogen) atoms. The first-order valence-electron chi connectivity index (χ1n) is 13.3. The summed E-state index contributed by atoms with van der Waals surface area (Å²) in [7, 11) is 0. The van der Waals surface area contributed by atoms with Gasteiger partial charge < -0.3 is 36.9 Å². The van der Waals surface area contributed by atoms with Gasteiger partial charge in [-0.2, -0.15) is 12.6 Å². The summed E-state index contributed by atoms with van der Waals surface area (Å²) >= 11 is 4.01. The average Bonchev–Trinajstić information content (AvgIpc) is 3.34. The Morgan fingerprint density at radius 3 is 2.12 bits per heavy atom. The average molecular weight is 584 g/mol. The molecule has 0 aliphatic carbocycles. The highest BCUT2D eigenvalue weighted by atomic mass is 32.1. The maximum absolute atomic E-state index is 13.5. The number of aromatic hydroxyl groups is 1. The van der Waals surface area contributed by atoms with E-state index in [2.05, 4.69) is 33.6 Å². The van der Waals surface area contributed by atoms with E-state index in [1.165, 1.54) is 12.1 Å². The number of carboxylic acid groups (broad SMARTS) is 1. The number of para-hydroxylation sites is 1. The first-order chi connectivity index (χ1) is 19.5. The molecular formula is C29H37N5O6S. The fourth-order valence-corrected chi connectivity index (χ4v) is 4.67. The zero-order valence-corrected chi connectivity index (χ0v) is 23.9. The second kappa shape index (κ2) is 14.6. The van der Waals surface area contributed by atoms with Gasteiger partial charge in [0.25, 0.3) is 0 Å². The van der Waals surface area contributed by atoms with E-state index in [0.717, 1.165) is 22.0 Å². The number of benzene rings is 2. The minimum Gasteiger partial charge on any atom is -0.508 e. The molecule has 0 radical (unpaired) electrons. The topological polar surface area (TPSA) is 187 Å². The Kier molecular flexibility index (Phi) is 11.2. The number of hydrogen-bond acceptors (Lipinski definition) is 7. The quantitative estimate of drug-likeness (QED) is 0.132. The number of nitrogens with one attached hydrogen (secondary N) is 4. The number of amides is 3. The summed E-state index contributed by atoms with van der Waals surface area (Å²) in [6, 6.07) is 9.44. The van der Waals surface area contributed by atoms with Crippen LogP contribution in [0, 0.1) is 5.92 Å². The van der Waals surface area contributed by atoms with Gasteiger partial charge in [-0.15, -0.1) is 0 Å². The number of hydrogen-bond donors (Lipinski definition) is 8. The molecule has 4 unspecified atom stereocenters. The molecule has 0 spiro atoms. The van der Waals surface area contributed by atoms with E-state index in [9.17, 15) is 29.4 Å². The standard InChI is InChI=1S/C29H37N5O6S/c1-16(2)11-23(32-26(36)21(30)12-17-7-9-19(35)10-8-17)27(37)33-24(28(38)34-25(15-41)29(39)40)13-18-14-31-22-6-4-3-5-20(18)22/h3-10,14,16,21,23-25,31,35,41H,11-13,15,30H2,1-2H3,(H,32,36)(H,33,37)(H,34,38)(H,39,40). The minimum absolute atomic E-state index is 0.0147. The van der Waals surface area contributed by atoms with E-state index in [1.54, 1.807) is 18.3 Å². The molecule has 8 N–H and O–H groups in total. The van der Waals surface area contributed by atoms with Crippen LogP contribution >= 0.6 is 12.6 Å². The Hall–Kier alpha value is -4.03. The third-order valence-corrected chi connectivity index (χ3v) is 6.96. The Morgan fingerprint density at radius 2 is 1.49 bits per heavy atom. The second-order valence-electron chi connectivity index (χ2n) is 10.4. The lowest BCUT2D eigenvalue weighted by atomic mass is 9.99. The first kappa shape index (κ1) is 31.5. The molecule has 0 fully saturated rings. The molecule has 11 nitrogen and oxygen atoms in total. The number of thiol groups is 1. The van der Waals surface area contributed by atoms with Crippen LogP contribution in [0.4, 0.5) is 0 Å². The van der Waals surface area contributed by atoms with Crippen LogP contribution in [0.5, 0.6) is 5.75 Å². The summed E-state index contributed by atoms with van der Waals surface area (Å²) in [6.45, 7) is 3.78. The van der Waals surface area contributed by atoms with Gasteiger partial charge in [0.15, 0.2) is 0 Å². The molecule has 3 aromatic rings. The second-order valence-corrected chi connectivity index (χ2v) is 10.7. The molecule has 0 bridgehead atoms. The number of phenolic OH excluding ortho intramolecular Hbond substituents is 1. The van der Waals surface area contributed by atoms with Gasteiger partial charge >= 0.3 is 5.97 Å². The molecule has 3 rings (SSSR count). The van der Waals surface area contributed by atoms with E-state index in [-0.39, 0.29) is 36.7 Å². The molecule has 0 saturated heterocycles. The van der Waals surface area contributed by atoms with Crippen molar-refractivity contribution >= 4 is 47.2 Å². The van der Waals surface area contributed by atoms with Gasteiger partial charge in [-0.3, -0.25) is 14.4 Å². The number of rotatable bonds is 14. The number of aromatic nitrogens is 1. The molecule has 2 aromatic carbocycles. The Labute approximate surface area is 243 Å².